The zero-order valence-corrected chi connectivity index (χ0v) is 22.3. The van der Waals surface area contributed by atoms with Crippen LogP contribution in [0.3, 0.4) is 0 Å². The number of rotatable bonds is 7. The third-order valence-electron chi connectivity index (χ3n) is 7.03. The summed E-state index contributed by atoms with van der Waals surface area (Å²) < 4.78 is 25.5. The summed E-state index contributed by atoms with van der Waals surface area (Å²) in [5.41, 5.74) is 3.06. The van der Waals surface area contributed by atoms with Crippen LogP contribution in [-0.2, 0) is 31.0 Å². The Balaban J connectivity index is 1.31. The van der Waals surface area contributed by atoms with Crippen molar-refractivity contribution in [1.29, 1.82) is 5.26 Å². The van der Waals surface area contributed by atoms with Gasteiger partial charge in [0.25, 0.3) is 0 Å². The number of hydrogen-bond donors (Lipinski definition) is 0. The number of piperazine rings is 1. The number of amides is 1. The predicted octanol–water partition coefficient (Wildman–Crippen LogP) is 4.53. The van der Waals surface area contributed by atoms with E-state index in [2.05, 4.69) is 20.9 Å². The molecule has 2 aliphatic heterocycles. The third kappa shape index (κ3) is 5.90. The number of methoxy groups -OCH3 is 1. The summed E-state index contributed by atoms with van der Waals surface area (Å²) in [6, 6.07) is 16.1. The quantitative estimate of drug-likeness (QED) is 0.396. The number of ether oxygens (including phenoxy) is 2. The second kappa shape index (κ2) is 11.8. The van der Waals surface area contributed by atoms with Gasteiger partial charge in [0, 0.05) is 50.4 Å². The maximum Gasteiger partial charge on any atom is 0.410 e. The van der Waals surface area contributed by atoms with Gasteiger partial charge in [-0.2, -0.15) is 5.26 Å². The number of halogens is 2. The number of nitrogens with zero attached hydrogens (tertiary/aromatic N) is 6. The largest absolute Gasteiger partial charge is 0.496 e. The molecule has 0 spiro atoms. The van der Waals surface area contributed by atoms with E-state index in [0.717, 1.165) is 16.8 Å². The van der Waals surface area contributed by atoms with Gasteiger partial charge in [-0.1, -0.05) is 36.4 Å². The van der Waals surface area contributed by atoms with Gasteiger partial charge in [-0.3, -0.25) is 4.90 Å². The average molecular weight is 551 g/mol. The third-order valence-corrected chi connectivity index (χ3v) is 7.19. The number of carbonyl (C=O) groups excluding carboxylic acids is 1. The Morgan fingerprint density at radius 2 is 1.97 bits per heavy atom. The van der Waals surface area contributed by atoms with Gasteiger partial charge in [0.05, 0.1) is 31.3 Å². The van der Waals surface area contributed by atoms with E-state index >= 15 is 0 Å². The first-order valence-corrected chi connectivity index (χ1v) is 13.0. The summed E-state index contributed by atoms with van der Waals surface area (Å²) in [5, 5.41) is 9.60. The lowest BCUT2D eigenvalue weighted by atomic mass is 10.1. The van der Waals surface area contributed by atoms with Gasteiger partial charge in [-0.15, -0.1) is 0 Å². The van der Waals surface area contributed by atoms with Gasteiger partial charge < -0.3 is 19.3 Å². The second-order valence-electron chi connectivity index (χ2n) is 9.50. The number of benzene rings is 2. The van der Waals surface area contributed by atoms with Crippen LogP contribution < -0.4 is 9.64 Å². The molecule has 39 heavy (non-hydrogen) atoms. The maximum absolute atomic E-state index is 14.6. The van der Waals surface area contributed by atoms with E-state index in [1.807, 2.05) is 35.2 Å². The fourth-order valence-corrected chi connectivity index (χ4v) is 5.30. The van der Waals surface area contributed by atoms with Crippen LogP contribution in [0.1, 0.15) is 28.8 Å². The van der Waals surface area contributed by atoms with Crippen LogP contribution in [0, 0.1) is 17.1 Å². The molecule has 0 saturated carbocycles. The molecule has 1 fully saturated rings. The number of fused-ring (bicyclic) bond motifs is 1. The highest BCUT2D eigenvalue weighted by Gasteiger charge is 2.35. The fraction of sp³-hybridized carbons (Fsp3) is 0.357. The lowest BCUT2D eigenvalue weighted by molar-refractivity contribution is 0.0768. The minimum atomic E-state index is -0.449. The number of carbonyl (C=O) groups is 1. The van der Waals surface area contributed by atoms with Crippen molar-refractivity contribution in [2.24, 2.45) is 0 Å². The van der Waals surface area contributed by atoms with E-state index in [0.29, 0.717) is 56.4 Å². The number of nitriles is 1. The van der Waals surface area contributed by atoms with Crippen molar-refractivity contribution in [3.05, 3.63) is 82.0 Å². The minimum Gasteiger partial charge on any atom is -0.496 e. The van der Waals surface area contributed by atoms with E-state index in [1.54, 1.807) is 17.0 Å². The van der Waals surface area contributed by atoms with E-state index in [4.69, 9.17) is 21.1 Å². The molecule has 0 bridgehead atoms. The SMILES string of the molecule is COc1cccc(F)c1CN1Cc2nc(Cl)nc(N3CCN(C(=O)OCc4ccccc4)[C@@H](CC#N)C3)c2C1. The molecule has 3 heterocycles. The van der Waals surface area contributed by atoms with Crippen LogP contribution in [0.15, 0.2) is 48.5 Å². The van der Waals surface area contributed by atoms with Crippen LogP contribution in [0.5, 0.6) is 5.75 Å². The van der Waals surface area contributed by atoms with Crippen molar-refractivity contribution in [1.82, 2.24) is 19.8 Å². The molecular weight excluding hydrogens is 523 g/mol. The Hall–Kier alpha value is -3.94. The Bertz CT molecular complexity index is 1390. The van der Waals surface area contributed by atoms with Crippen molar-refractivity contribution >= 4 is 23.5 Å². The molecular formula is C28H28ClFN6O3. The molecule has 1 atom stereocenters. The Kier molecular flexibility index (Phi) is 8.10. The topological polar surface area (TPSA) is 94.8 Å². The standard InChI is InChI=1S/C28H28ClFN6O3/c1-38-25-9-5-8-23(30)21(25)15-34-16-22-24(17-34)32-27(29)33-26(22)35-12-13-36(20(14-35)10-11-31)28(37)39-18-19-6-3-2-4-7-19/h2-9,20H,10,12-18H2,1H3/t20-/m0/s1. The zero-order chi connectivity index (χ0) is 27.4. The monoisotopic (exact) mass is 550 g/mol. The van der Waals surface area contributed by atoms with Gasteiger partial charge in [-0.25, -0.2) is 19.2 Å². The lowest BCUT2D eigenvalue weighted by Gasteiger charge is -2.40. The first-order valence-electron chi connectivity index (χ1n) is 12.6. The molecule has 5 rings (SSSR count). The van der Waals surface area contributed by atoms with E-state index in [9.17, 15) is 14.4 Å². The summed E-state index contributed by atoms with van der Waals surface area (Å²) in [5.74, 6) is 0.836. The van der Waals surface area contributed by atoms with Gasteiger partial charge in [0.2, 0.25) is 5.28 Å². The van der Waals surface area contributed by atoms with Gasteiger partial charge in [-0.05, 0) is 29.3 Å². The van der Waals surface area contributed by atoms with Crippen LogP contribution in [-0.4, -0.2) is 58.6 Å². The molecule has 11 heteroatoms. The maximum atomic E-state index is 14.6. The summed E-state index contributed by atoms with van der Waals surface area (Å²) in [6.07, 6.45) is -0.299. The molecule has 0 radical (unpaired) electrons. The van der Waals surface area contributed by atoms with Gasteiger partial charge in [0.15, 0.2) is 0 Å². The van der Waals surface area contributed by atoms with Gasteiger partial charge in [0.1, 0.15) is 24.0 Å². The Morgan fingerprint density at radius 1 is 1.15 bits per heavy atom. The highest BCUT2D eigenvalue weighted by Crippen LogP contribution is 2.34. The smallest absolute Gasteiger partial charge is 0.410 e. The van der Waals surface area contributed by atoms with Crippen LogP contribution in [0.2, 0.25) is 5.28 Å². The molecule has 3 aromatic rings. The molecule has 1 aromatic heterocycles. The van der Waals surface area contributed by atoms with Gasteiger partial charge >= 0.3 is 6.09 Å². The molecule has 2 aromatic carbocycles. The molecule has 1 amide bonds. The van der Waals surface area contributed by atoms with Crippen LogP contribution in [0.4, 0.5) is 15.0 Å². The first-order chi connectivity index (χ1) is 19.0. The highest BCUT2D eigenvalue weighted by atomic mass is 35.5. The average Bonchev–Trinajstić information content (AvgIpc) is 3.35. The summed E-state index contributed by atoms with van der Waals surface area (Å²) in [6.45, 7) is 2.74. The fourth-order valence-electron chi connectivity index (χ4n) is 5.12. The van der Waals surface area contributed by atoms with Crippen molar-refractivity contribution in [2.75, 3.05) is 31.6 Å². The predicted molar refractivity (Wildman–Crippen MR) is 143 cm³/mol. The van der Waals surface area contributed by atoms with Crippen molar-refractivity contribution < 1.29 is 18.7 Å². The summed E-state index contributed by atoms with van der Waals surface area (Å²) in [7, 11) is 1.52. The molecule has 2 aliphatic rings. The molecule has 0 unspecified atom stereocenters. The molecule has 9 nitrogen and oxygen atoms in total. The van der Waals surface area contributed by atoms with Crippen LogP contribution >= 0.6 is 11.6 Å². The lowest BCUT2D eigenvalue weighted by Crippen LogP contribution is -2.55. The summed E-state index contributed by atoms with van der Waals surface area (Å²) >= 11 is 6.32. The van der Waals surface area contributed by atoms with Crippen molar-refractivity contribution in [2.45, 2.75) is 38.7 Å². The number of aromatic nitrogens is 2. The Labute approximate surface area is 231 Å². The Morgan fingerprint density at radius 3 is 2.74 bits per heavy atom. The van der Waals surface area contributed by atoms with E-state index in [1.165, 1.54) is 13.2 Å². The van der Waals surface area contributed by atoms with Crippen LogP contribution in [0.25, 0.3) is 0 Å². The van der Waals surface area contributed by atoms with Crippen molar-refractivity contribution in [3.8, 4) is 11.8 Å². The summed E-state index contributed by atoms with van der Waals surface area (Å²) in [4.78, 5) is 27.6. The molecule has 0 N–H and O–H groups in total. The normalized spacial score (nSPS) is 17.0. The zero-order valence-electron chi connectivity index (χ0n) is 21.5. The van der Waals surface area contributed by atoms with E-state index < -0.39 is 6.09 Å². The first kappa shape index (κ1) is 26.7. The molecule has 0 aliphatic carbocycles. The minimum absolute atomic E-state index is 0.121. The number of anilines is 1. The number of hydrogen-bond acceptors (Lipinski definition) is 8. The molecule has 1 saturated heterocycles. The van der Waals surface area contributed by atoms with Crippen molar-refractivity contribution in [3.63, 3.8) is 0 Å². The van der Waals surface area contributed by atoms with E-state index in [-0.39, 0.29) is 30.2 Å². The highest BCUT2D eigenvalue weighted by molar-refractivity contribution is 6.28. The molecule has 202 valence electrons. The second-order valence-corrected chi connectivity index (χ2v) is 9.84.